The van der Waals surface area contributed by atoms with E-state index >= 15 is 0 Å². The Morgan fingerprint density at radius 2 is 1.86 bits per heavy atom. The second-order valence-electron chi connectivity index (χ2n) is 10.0. The standard InChI is InChI=1S/C26H31F2N3O3Si/c1-16-24-19(9-10-30-26(24)32)25(31(16)15-33-11-12-35(2,3)4)20-14-18(29)6-8-22(20)34-23-7-5-17(27)13-21(23)28/h5-8,13-14H,9-12,15,29H2,1-4H3,(H,30,32). The van der Waals surface area contributed by atoms with E-state index in [0.29, 0.717) is 42.1 Å². The lowest BCUT2D eigenvalue weighted by molar-refractivity contribution is 0.0867. The number of nitrogen functional groups attached to an aromatic ring is 1. The maximum Gasteiger partial charge on any atom is 0.253 e. The van der Waals surface area contributed by atoms with E-state index in [1.807, 2.05) is 11.5 Å². The van der Waals surface area contributed by atoms with Crippen LogP contribution in [0.25, 0.3) is 11.3 Å². The van der Waals surface area contributed by atoms with Crippen molar-refractivity contribution in [3.8, 4) is 22.8 Å². The predicted octanol–water partition coefficient (Wildman–Crippen LogP) is 5.71. The molecule has 3 aromatic rings. The third-order valence-electron chi connectivity index (χ3n) is 6.10. The number of fused-ring (bicyclic) bond motifs is 1. The molecule has 0 unspecified atom stereocenters. The largest absolute Gasteiger partial charge is 0.454 e. The Labute approximate surface area is 205 Å². The molecule has 1 amide bonds. The van der Waals surface area contributed by atoms with Gasteiger partial charge in [0.2, 0.25) is 0 Å². The number of aromatic nitrogens is 1. The Kier molecular flexibility index (Phi) is 7.00. The second kappa shape index (κ2) is 9.83. The summed E-state index contributed by atoms with van der Waals surface area (Å²) in [5, 5.41) is 2.91. The molecule has 0 fully saturated rings. The number of carbonyl (C=O) groups excluding carboxylic acids is 1. The second-order valence-corrected chi connectivity index (χ2v) is 15.6. The molecule has 186 valence electrons. The quantitative estimate of drug-likeness (QED) is 0.236. The molecule has 2 heterocycles. The first-order chi connectivity index (χ1) is 16.5. The minimum absolute atomic E-state index is 0.106. The van der Waals surface area contributed by atoms with Crippen molar-refractivity contribution in [3.63, 3.8) is 0 Å². The Morgan fingerprint density at radius 3 is 2.57 bits per heavy atom. The van der Waals surface area contributed by atoms with E-state index in [2.05, 4.69) is 25.0 Å². The number of benzene rings is 2. The normalized spacial score (nSPS) is 13.5. The number of rotatable bonds is 8. The number of hydrogen-bond acceptors (Lipinski definition) is 4. The van der Waals surface area contributed by atoms with E-state index in [4.69, 9.17) is 15.2 Å². The van der Waals surface area contributed by atoms with E-state index in [-0.39, 0.29) is 18.4 Å². The van der Waals surface area contributed by atoms with E-state index in [0.717, 1.165) is 35.1 Å². The van der Waals surface area contributed by atoms with E-state index < -0.39 is 19.7 Å². The van der Waals surface area contributed by atoms with Crippen LogP contribution >= 0.6 is 0 Å². The molecule has 0 saturated heterocycles. The van der Waals surface area contributed by atoms with Crippen molar-refractivity contribution in [2.45, 2.75) is 45.8 Å². The van der Waals surface area contributed by atoms with Gasteiger partial charge in [0.15, 0.2) is 11.6 Å². The van der Waals surface area contributed by atoms with Gasteiger partial charge in [0.1, 0.15) is 18.3 Å². The number of ether oxygens (including phenoxy) is 2. The summed E-state index contributed by atoms with van der Waals surface area (Å²) in [4.78, 5) is 12.8. The lowest BCUT2D eigenvalue weighted by Gasteiger charge is -2.19. The zero-order chi connectivity index (χ0) is 25.3. The molecule has 1 aromatic heterocycles. The van der Waals surface area contributed by atoms with Gasteiger partial charge in [-0.05, 0) is 55.3 Å². The molecule has 4 rings (SSSR count). The molecule has 0 saturated carbocycles. The molecular weight excluding hydrogens is 468 g/mol. The Balaban J connectivity index is 1.80. The topological polar surface area (TPSA) is 78.5 Å². The van der Waals surface area contributed by atoms with Gasteiger partial charge in [0.05, 0.1) is 11.3 Å². The van der Waals surface area contributed by atoms with Gasteiger partial charge < -0.3 is 25.1 Å². The van der Waals surface area contributed by atoms with Crippen LogP contribution in [-0.4, -0.2) is 31.7 Å². The number of halogens is 2. The molecule has 0 atom stereocenters. The molecule has 6 nitrogen and oxygen atoms in total. The number of hydrogen-bond donors (Lipinski definition) is 2. The van der Waals surface area contributed by atoms with Gasteiger partial charge in [0.25, 0.3) is 5.91 Å². The summed E-state index contributed by atoms with van der Waals surface area (Å²) in [6.45, 7) is 10.1. The third-order valence-corrected chi connectivity index (χ3v) is 7.81. The zero-order valence-corrected chi connectivity index (χ0v) is 21.5. The summed E-state index contributed by atoms with van der Waals surface area (Å²) in [6, 6.07) is 9.23. The molecule has 0 bridgehead atoms. The maximum absolute atomic E-state index is 14.4. The summed E-state index contributed by atoms with van der Waals surface area (Å²) >= 11 is 0. The van der Waals surface area contributed by atoms with Crippen LogP contribution in [0.2, 0.25) is 25.7 Å². The Morgan fingerprint density at radius 1 is 1.11 bits per heavy atom. The highest BCUT2D eigenvalue weighted by Gasteiger charge is 2.30. The molecular formula is C26H31F2N3O3Si. The van der Waals surface area contributed by atoms with Crippen LogP contribution in [0.4, 0.5) is 14.5 Å². The monoisotopic (exact) mass is 499 g/mol. The summed E-state index contributed by atoms with van der Waals surface area (Å²) in [5.41, 5.74) is 10.3. The van der Waals surface area contributed by atoms with Crippen LogP contribution in [0.3, 0.4) is 0 Å². The molecule has 0 aliphatic carbocycles. The molecule has 0 radical (unpaired) electrons. The molecule has 0 spiro atoms. The van der Waals surface area contributed by atoms with Gasteiger partial charge in [-0.25, -0.2) is 8.78 Å². The summed E-state index contributed by atoms with van der Waals surface area (Å²) in [6.07, 6.45) is 0.623. The van der Waals surface area contributed by atoms with Crippen molar-refractivity contribution in [2.24, 2.45) is 0 Å². The van der Waals surface area contributed by atoms with Gasteiger partial charge in [-0.3, -0.25) is 4.79 Å². The van der Waals surface area contributed by atoms with Crippen LogP contribution in [-0.2, 0) is 17.9 Å². The lowest BCUT2D eigenvalue weighted by atomic mass is 9.97. The van der Waals surface area contributed by atoms with Crippen molar-refractivity contribution in [3.05, 3.63) is 64.9 Å². The van der Waals surface area contributed by atoms with E-state index in [1.54, 1.807) is 18.2 Å². The molecule has 1 aliphatic rings. The van der Waals surface area contributed by atoms with Crippen LogP contribution in [0.1, 0.15) is 21.6 Å². The third kappa shape index (κ3) is 5.41. The smallest absolute Gasteiger partial charge is 0.253 e. The number of nitrogens with two attached hydrogens (primary N) is 1. The Bertz CT molecular complexity index is 1270. The first-order valence-corrected chi connectivity index (χ1v) is 15.4. The fourth-order valence-corrected chi connectivity index (χ4v) is 4.99. The fourth-order valence-electron chi connectivity index (χ4n) is 4.24. The number of nitrogens with zero attached hydrogens (tertiary/aromatic N) is 1. The SMILES string of the molecule is Cc1c2c(c(-c3cc(N)ccc3Oc3ccc(F)cc3F)n1COCC[Si](C)(C)C)CCNC2=O. The average Bonchev–Trinajstić information content (AvgIpc) is 3.06. The van der Waals surface area contributed by atoms with Gasteiger partial charge in [-0.2, -0.15) is 0 Å². The van der Waals surface area contributed by atoms with Crippen molar-refractivity contribution in [1.82, 2.24) is 9.88 Å². The highest BCUT2D eigenvalue weighted by molar-refractivity contribution is 6.76. The maximum atomic E-state index is 14.4. The zero-order valence-electron chi connectivity index (χ0n) is 20.5. The van der Waals surface area contributed by atoms with Gasteiger partial charge in [-0.1, -0.05) is 19.6 Å². The van der Waals surface area contributed by atoms with Crippen LogP contribution in [0, 0.1) is 18.6 Å². The predicted molar refractivity (Wildman–Crippen MR) is 136 cm³/mol. The highest BCUT2D eigenvalue weighted by Crippen LogP contribution is 2.41. The highest BCUT2D eigenvalue weighted by atomic mass is 28.3. The lowest BCUT2D eigenvalue weighted by Crippen LogP contribution is -2.31. The van der Waals surface area contributed by atoms with Crippen LogP contribution in [0.5, 0.6) is 11.5 Å². The minimum atomic E-state index is -1.27. The van der Waals surface area contributed by atoms with Crippen molar-refractivity contribution >= 4 is 19.7 Å². The van der Waals surface area contributed by atoms with Gasteiger partial charge in [0, 0.05) is 44.2 Å². The number of anilines is 1. The van der Waals surface area contributed by atoms with Crippen molar-refractivity contribution < 1.29 is 23.0 Å². The van der Waals surface area contributed by atoms with Gasteiger partial charge in [-0.15, -0.1) is 0 Å². The molecule has 3 N–H and O–H groups in total. The van der Waals surface area contributed by atoms with Crippen molar-refractivity contribution in [1.29, 1.82) is 0 Å². The molecule has 1 aliphatic heterocycles. The molecule has 9 heteroatoms. The first kappa shape index (κ1) is 24.9. The molecule has 2 aromatic carbocycles. The first-order valence-electron chi connectivity index (χ1n) is 11.7. The van der Waals surface area contributed by atoms with E-state index in [1.165, 1.54) is 6.07 Å². The summed E-state index contributed by atoms with van der Waals surface area (Å²) in [7, 11) is -1.27. The summed E-state index contributed by atoms with van der Waals surface area (Å²) in [5.74, 6) is -1.39. The van der Waals surface area contributed by atoms with Gasteiger partial charge >= 0.3 is 0 Å². The summed E-state index contributed by atoms with van der Waals surface area (Å²) < 4.78 is 41.8. The Hall–Kier alpha value is -3.17. The van der Waals surface area contributed by atoms with E-state index in [9.17, 15) is 13.6 Å². The fraction of sp³-hybridized carbons (Fsp3) is 0.346. The minimum Gasteiger partial charge on any atom is -0.454 e. The average molecular weight is 500 g/mol. The van der Waals surface area contributed by atoms with Crippen LogP contribution < -0.4 is 15.8 Å². The van der Waals surface area contributed by atoms with Crippen LogP contribution in [0.15, 0.2) is 36.4 Å². The van der Waals surface area contributed by atoms with Crippen molar-refractivity contribution in [2.75, 3.05) is 18.9 Å². The number of nitrogens with one attached hydrogen (secondary N) is 1. The number of carbonyl (C=O) groups is 1. The molecule has 35 heavy (non-hydrogen) atoms. The number of amides is 1.